The molecule has 1 fully saturated rings. The predicted molar refractivity (Wildman–Crippen MR) is 84.6 cm³/mol. The second-order valence-corrected chi connectivity index (χ2v) is 7.84. The van der Waals surface area contributed by atoms with Crippen LogP contribution >= 0.6 is 31.9 Å². The van der Waals surface area contributed by atoms with Crippen LogP contribution in [-0.4, -0.2) is 0 Å². The van der Waals surface area contributed by atoms with Crippen molar-refractivity contribution in [1.29, 1.82) is 0 Å². The highest BCUT2D eigenvalue weighted by Gasteiger charge is 2.39. The summed E-state index contributed by atoms with van der Waals surface area (Å²) in [5, 5.41) is 0. The molecule has 18 heavy (non-hydrogen) atoms. The quantitative estimate of drug-likeness (QED) is 0.742. The van der Waals surface area contributed by atoms with Crippen molar-refractivity contribution < 1.29 is 0 Å². The summed E-state index contributed by atoms with van der Waals surface area (Å²) in [5.74, 6) is 0.573. The second-order valence-electron chi connectivity index (χ2n) is 6.14. The van der Waals surface area contributed by atoms with Gasteiger partial charge in [0.15, 0.2) is 0 Å². The number of hydrogen-bond acceptors (Lipinski definition) is 1. The lowest BCUT2D eigenvalue weighted by Gasteiger charge is -2.33. The third kappa shape index (κ3) is 2.68. The Hall–Kier alpha value is 0.140. The van der Waals surface area contributed by atoms with Gasteiger partial charge in [-0.15, -0.1) is 0 Å². The molecule has 0 aliphatic heterocycles. The summed E-state index contributed by atoms with van der Waals surface area (Å²) in [6.45, 7) is 6.80. The minimum Gasteiger partial charge on any atom is -0.324 e. The summed E-state index contributed by atoms with van der Waals surface area (Å²) < 4.78 is 2.28. The maximum atomic E-state index is 6.54. The van der Waals surface area contributed by atoms with E-state index in [1.54, 1.807) is 0 Å². The lowest BCUT2D eigenvalue weighted by Crippen LogP contribution is -2.29. The molecule has 0 bridgehead atoms. The number of nitrogens with two attached hydrogens (primary N) is 1. The van der Waals surface area contributed by atoms with Gasteiger partial charge in [-0.05, 0) is 54.4 Å². The van der Waals surface area contributed by atoms with E-state index in [1.165, 1.54) is 30.4 Å². The van der Waals surface area contributed by atoms with E-state index in [9.17, 15) is 0 Å². The highest BCUT2D eigenvalue weighted by atomic mass is 79.9. The minimum absolute atomic E-state index is 0.119. The molecular formula is C15H21Br2N. The van der Waals surface area contributed by atoms with Crippen LogP contribution in [-0.2, 0) is 0 Å². The topological polar surface area (TPSA) is 26.0 Å². The van der Waals surface area contributed by atoms with Crippen LogP contribution in [0.15, 0.2) is 21.1 Å². The molecule has 1 aromatic rings. The van der Waals surface area contributed by atoms with Gasteiger partial charge < -0.3 is 5.73 Å². The van der Waals surface area contributed by atoms with Crippen molar-refractivity contribution in [3.8, 4) is 0 Å². The van der Waals surface area contributed by atoms with Crippen LogP contribution in [0.25, 0.3) is 0 Å². The summed E-state index contributed by atoms with van der Waals surface area (Å²) in [6.07, 6.45) is 3.83. The highest BCUT2D eigenvalue weighted by molar-refractivity contribution is 9.11. The lowest BCUT2D eigenvalue weighted by atomic mass is 9.76. The fraction of sp³-hybridized carbons (Fsp3) is 0.600. The van der Waals surface area contributed by atoms with Gasteiger partial charge >= 0.3 is 0 Å². The zero-order valence-corrected chi connectivity index (χ0v) is 14.4. The van der Waals surface area contributed by atoms with E-state index in [0.717, 1.165) is 8.95 Å². The molecule has 2 rings (SSSR count). The zero-order valence-electron chi connectivity index (χ0n) is 11.3. The van der Waals surface area contributed by atoms with Crippen molar-refractivity contribution in [3.63, 3.8) is 0 Å². The summed E-state index contributed by atoms with van der Waals surface area (Å²) in [6, 6.07) is 4.45. The number of hydrogen-bond donors (Lipinski definition) is 1. The van der Waals surface area contributed by atoms with E-state index in [4.69, 9.17) is 5.73 Å². The Kier molecular flexibility index (Phi) is 4.25. The van der Waals surface area contributed by atoms with E-state index in [1.807, 2.05) is 0 Å². The first kappa shape index (κ1) is 14.5. The molecule has 0 aromatic heterocycles. The average molecular weight is 375 g/mol. The Balaban J connectivity index is 2.34. The molecule has 2 N–H and O–H groups in total. The molecule has 100 valence electrons. The molecule has 0 radical (unpaired) electrons. The molecule has 2 unspecified atom stereocenters. The Morgan fingerprint density at radius 2 is 1.94 bits per heavy atom. The van der Waals surface area contributed by atoms with Crippen molar-refractivity contribution in [2.45, 2.75) is 46.1 Å². The van der Waals surface area contributed by atoms with Crippen LogP contribution < -0.4 is 5.73 Å². The van der Waals surface area contributed by atoms with E-state index >= 15 is 0 Å². The fourth-order valence-electron chi connectivity index (χ4n) is 3.15. The maximum Gasteiger partial charge on any atom is 0.0340 e. The third-order valence-corrected chi connectivity index (χ3v) is 5.95. The van der Waals surface area contributed by atoms with Crippen LogP contribution in [0.1, 0.15) is 50.3 Å². The van der Waals surface area contributed by atoms with Gasteiger partial charge in [0.1, 0.15) is 0 Å². The van der Waals surface area contributed by atoms with Gasteiger partial charge in [0.2, 0.25) is 0 Å². The summed E-state index contributed by atoms with van der Waals surface area (Å²) >= 11 is 7.27. The fourth-order valence-corrected chi connectivity index (χ4v) is 4.24. The van der Waals surface area contributed by atoms with Crippen molar-refractivity contribution in [3.05, 3.63) is 32.2 Å². The Bertz CT molecular complexity index is 454. The standard InChI is InChI=1S/C15H21Br2N/c1-9-7-13(17)10(8-12(9)16)14(18)11-5-4-6-15(11,2)3/h7-8,11,14H,4-6,18H2,1-3H3. The Morgan fingerprint density at radius 1 is 1.28 bits per heavy atom. The van der Waals surface area contributed by atoms with Gasteiger partial charge in [-0.2, -0.15) is 0 Å². The second kappa shape index (κ2) is 5.26. The van der Waals surface area contributed by atoms with Crippen molar-refractivity contribution in [2.24, 2.45) is 17.1 Å². The van der Waals surface area contributed by atoms with Crippen LogP contribution in [0, 0.1) is 18.3 Å². The number of halogens is 2. The van der Waals surface area contributed by atoms with Crippen LogP contribution in [0.2, 0.25) is 0 Å². The first-order valence-corrected chi connectivity index (χ1v) is 8.12. The Labute approximate surface area is 127 Å². The van der Waals surface area contributed by atoms with Gasteiger partial charge in [-0.1, -0.05) is 52.1 Å². The molecule has 1 aromatic carbocycles. The monoisotopic (exact) mass is 373 g/mol. The highest BCUT2D eigenvalue weighted by Crippen LogP contribution is 2.49. The van der Waals surface area contributed by atoms with Gasteiger partial charge in [0.05, 0.1) is 0 Å². The van der Waals surface area contributed by atoms with E-state index in [2.05, 4.69) is 64.8 Å². The van der Waals surface area contributed by atoms with Crippen molar-refractivity contribution >= 4 is 31.9 Å². The number of aryl methyl sites for hydroxylation is 1. The zero-order chi connectivity index (χ0) is 13.5. The molecule has 0 heterocycles. The van der Waals surface area contributed by atoms with E-state index in [0.29, 0.717) is 11.3 Å². The third-order valence-electron chi connectivity index (χ3n) is 4.41. The van der Waals surface area contributed by atoms with Crippen molar-refractivity contribution in [1.82, 2.24) is 0 Å². The minimum atomic E-state index is 0.119. The molecule has 1 aliphatic carbocycles. The van der Waals surface area contributed by atoms with Gasteiger partial charge in [-0.25, -0.2) is 0 Å². The first-order chi connectivity index (χ1) is 8.33. The summed E-state index contributed by atoms with van der Waals surface area (Å²) in [4.78, 5) is 0. The molecule has 0 saturated heterocycles. The molecule has 1 nitrogen and oxygen atoms in total. The average Bonchev–Trinajstić information content (AvgIpc) is 2.62. The van der Waals surface area contributed by atoms with Gasteiger partial charge in [0, 0.05) is 15.0 Å². The summed E-state index contributed by atoms with van der Waals surface area (Å²) in [7, 11) is 0. The first-order valence-electron chi connectivity index (χ1n) is 6.54. The SMILES string of the molecule is Cc1cc(Br)c(C(N)C2CCCC2(C)C)cc1Br. The number of rotatable bonds is 2. The largest absolute Gasteiger partial charge is 0.324 e. The smallest absolute Gasteiger partial charge is 0.0340 e. The van der Waals surface area contributed by atoms with Crippen LogP contribution in [0.4, 0.5) is 0 Å². The normalized spacial score (nSPS) is 24.2. The molecule has 1 saturated carbocycles. The Morgan fingerprint density at radius 3 is 2.50 bits per heavy atom. The summed E-state index contributed by atoms with van der Waals surface area (Å²) in [5.41, 5.74) is 9.37. The lowest BCUT2D eigenvalue weighted by molar-refractivity contribution is 0.222. The van der Waals surface area contributed by atoms with Crippen molar-refractivity contribution in [2.75, 3.05) is 0 Å². The van der Waals surface area contributed by atoms with Crippen LogP contribution in [0.3, 0.4) is 0 Å². The molecule has 3 heteroatoms. The maximum absolute atomic E-state index is 6.54. The molecule has 1 aliphatic rings. The van der Waals surface area contributed by atoms with E-state index < -0.39 is 0 Å². The molecule has 0 amide bonds. The van der Waals surface area contributed by atoms with Crippen LogP contribution in [0.5, 0.6) is 0 Å². The van der Waals surface area contributed by atoms with Gasteiger partial charge in [0.25, 0.3) is 0 Å². The molecule has 2 atom stereocenters. The van der Waals surface area contributed by atoms with Gasteiger partial charge in [-0.3, -0.25) is 0 Å². The predicted octanol–water partition coefficient (Wildman–Crippen LogP) is 5.35. The molecule has 0 spiro atoms. The molecular weight excluding hydrogens is 354 g/mol. The van der Waals surface area contributed by atoms with E-state index in [-0.39, 0.29) is 6.04 Å². The number of benzene rings is 1.